The van der Waals surface area contributed by atoms with Gasteiger partial charge >= 0.3 is 6.18 Å². The van der Waals surface area contributed by atoms with Gasteiger partial charge in [-0.1, -0.05) is 22.0 Å². The van der Waals surface area contributed by atoms with Crippen molar-refractivity contribution in [3.05, 3.63) is 81.0 Å². The lowest BCUT2D eigenvalue weighted by molar-refractivity contribution is -0.140. The number of rotatable bonds is 4. The van der Waals surface area contributed by atoms with Gasteiger partial charge in [-0.15, -0.1) is 0 Å². The van der Waals surface area contributed by atoms with E-state index in [0.29, 0.717) is 33.5 Å². The number of halogens is 4. The largest absolute Gasteiger partial charge is 0.433 e. The first-order valence-electron chi connectivity index (χ1n) is 9.98. The highest BCUT2D eigenvalue weighted by molar-refractivity contribution is 9.10. The molecule has 170 valence electrons. The van der Waals surface area contributed by atoms with Gasteiger partial charge in [-0.05, 0) is 56.7 Å². The summed E-state index contributed by atoms with van der Waals surface area (Å²) in [6.07, 6.45) is -2.99. The molecule has 0 aliphatic rings. The molecule has 1 aromatic carbocycles. The molecule has 0 unspecified atom stereocenters. The van der Waals surface area contributed by atoms with E-state index in [9.17, 15) is 18.0 Å². The molecule has 4 aromatic rings. The fourth-order valence-electron chi connectivity index (χ4n) is 3.57. The first-order chi connectivity index (χ1) is 15.5. The van der Waals surface area contributed by atoms with Gasteiger partial charge in [0.1, 0.15) is 5.69 Å². The van der Waals surface area contributed by atoms with E-state index in [1.54, 1.807) is 36.9 Å². The van der Waals surface area contributed by atoms with Crippen LogP contribution < -0.4 is 5.32 Å². The van der Waals surface area contributed by atoms with Crippen molar-refractivity contribution in [3.8, 4) is 0 Å². The highest BCUT2D eigenvalue weighted by atomic mass is 79.9. The number of anilines is 1. The number of pyridine rings is 2. The van der Waals surface area contributed by atoms with E-state index in [4.69, 9.17) is 0 Å². The van der Waals surface area contributed by atoms with Crippen molar-refractivity contribution in [2.24, 2.45) is 0 Å². The Morgan fingerprint density at radius 2 is 1.91 bits per heavy atom. The quantitative estimate of drug-likeness (QED) is 0.369. The summed E-state index contributed by atoms with van der Waals surface area (Å²) in [6.45, 7) is 5.86. The molecule has 0 saturated carbocycles. The number of fused-ring (bicyclic) bond motifs is 1. The third-order valence-electron chi connectivity index (χ3n) is 5.34. The Morgan fingerprint density at radius 3 is 2.61 bits per heavy atom. The minimum Gasteiger partial charge on any atom is -0.319 e. The van der Waals surface area contributed by atoms with Crippen LogP contribution in [0.3, 0.4) is 0 Å². The number of hydrogen-bond acceptors (Lipinski definition) is 4. The second-order valence-corrected chi connectivity index (χ2v) is 8.55. The molecule has 0 aliphatic heterocycles. The fourth-order valence-corrected chi connectivity index (χ4v) is 3.93. The Kier molecular flexibility index (Phi) is 5.96. The SMILES string of the molecule is Cc1cccnc1Cn1nc(C)c(NC(=O)c2cc(C(F)(F)F)nc3ccc(Br)cc23)c1C. The van der Waals surface area contributed by atoms with Gasteiger partial charge in [0.05, 0.1) is 40.4 Å². The molecule has 3 heterocycles. The minimum absolute atomic E-state index is 0.0768. The van der Waals surface area contributed by atoms with Gasteiger partial charge in [-0.2, -0.15) is 18.3 Å². The molecule has 0 bridgehead atoms. The standard InChI is InChI=1S/C23H19BrF3N5O/c1-12-5-4-8-28-19(12)11-32-14(3)21(13(2)31-32)30-22(33)17-10-20(23(25,26)27)29-18-7-6-15(24)9-16(17)18/h4-10H,11H2,1-3H3,(H,30,33). The number of aryl methyl sites for hydroxylation is 2. The zero-order chi connectivity index (χ0) is 23.9. The van der Waals surface area contributed by atoms with Crippen LogP contribution >= 0.6 is 15.9 Å². The van der Waals surface area contributed by atoms with Crippen LogP contribution in [-0.4, -0.2) is 25.7 Å². The number of benzene rings is 1. The third-order valence-corrected chi connectivity index (χ3v) is 5.84. The van der Waals surface area contributed by atoms with Crippen LogP contribution in [0.2, 0.25) is 0 Å². The molecule has 0 spiro atoms. The second-order valence-electron chi connectivity index (χ2n) is 7.64. The normalized spacial score (nSPS) is 11.7. The van der Waals surface area contributed by atoms with Crippen molar-refractivity contribution >= 4 is 38.4 Å². The van der Waals surface area contributed by atoms with Gasteiger partial charge in [0, 0.05) is 16.1 Å². The van der Waals surface area contributed by atoms with E-state index in [2.05, 4.69) is 36.3 Å². The summed E-state index contributed by atoms with van der Waals surface area (Å²) < 4.78 is 42.6. The molecule has 6 nitrogen and oxygen atoms in total. The minimum atomic E-state index is -4.69. The van der Waals surface area contributed by atoms with E-state index >= 15 is 0 Å². The molecule has 33 heavy (non-hydrogen) atoms. The molecule has 10 heteroatoms. The Balaban J connectivity index is 1.72. The molecule has 0 saturated heterocycles. The number of nitrogens with zero attached hydrogens (tertiary/aromatic N) is 4. The van der Waals surface area contributed by atoms with Crippen molar-refractivity contribution in [2.45, 2.75) is 33.5 Å². The number of aromatic nitrogens is 4. The maximum absolute atomic E-state index is 13.4. The second kappa shape index (κ2) is 8.58. The lowest BCUT2D eigenvalue weighted by Crippen LogP contribution is -2.17. The zero-order valence-corrected chi connectivity index (χ0v) is 19.5. The predicted molar refractivity (Wildman–Crippen MR) is 122 cm³/mol. The first kappa shape index (κ1) is 22.9. The molecule has 1 N–H and O–H groups in total. The van der Waals surface area contributed by atoms with Gasteiger partial charge in [0.15, 0.2) is 0 Å². The van der Waals surface area contributed by atoms with Gasteiger partial charge in [0.2, 0.25) is 0 Å². The molecule has 0 radical (unpaired) electrons. The van der Waals surface area contributed by atoms with Crippen molar-refractivity contribution in [1.82, 2.24) is 19.7 Å². The highest BCUT2D eigenvalue weighted by Gasteiger charge is 2.34. The topological polar surface area (TPSA) is 72.7 Å². The maximum atomic E-state index is 13.4. The molecule has 4 rings (SSSR count). The number of hydrogen-bond donors (Lipinski definition) is 1. The van der Waals surface area contributed by atoms with Gasteiger partial charge in [-0.25, -0.2) is 4.98 Å². The molecule has 0 aliphatic carbocycles. The third kappa shape index (κ3) is 4.61. The summed E-state index contributed by atoms with van der Waals surface area (Å²) in [5, 5.41) is 7.55. The molecule has 0 fully saturated rings. The average molecular weight is 518 g/mol. The number of carbonyl (C=O) groups excluding carboxylic acids is 1. The van der Waals surface area contributed by atoms with Crippen molar-refractivity contribution in [3.63, 3.8) is 0 Å². The number of nitrogens with one attached hydrogen (secondary N) is 1. The van der Waals surface area contributed by atoms with E-state index < -0.39 is 17.8 Å². The number of alkyl halides is 3. The number of carbonyl (C=O) groups is 1. The molecule has 3 aromatic heterocycles. The fraction of sp³-hybridized carbons (Fsp3) is 0.217. The average Bonchev–Trinajstić information content (AvgIpc) is 3.01. The summed E-state index contributed by atoms with van der Waals surface area (Å²) in [4.78, 5) is 21.2. The van der Waals surface area contributed by atoms with Crippen molar-refractivity contribution in [1.29, 1.82) is 0 Å². The Labute approximate surface area is 196 Å². The maximum Gasteiger partial charge on any atom is 0.433 e. The lowest BCUT2D eigenvalue weighted by Gasteiger charge is -2.13. The van der Waals surface area contributed by atoms with Gasteiger partial charge in [0.25, 0.3) is 5.91 Å². The van der Waals surface area contributed by atoms with Gasteiger partial charge < -0.3 is 5.32 Å². The Morgan fingerprint density at radius 1 is 1.15 bits per heavy atom. The van der Waals surface area contributed by atoms with E-state index in [-0.39, 0.29) is 11.1 Å². The lowest BCUT2D eigenvalue weighted by atomic mass is 10.1. The highest BCUT2D eigenvalue weighted by Crippen LogP contribution is 2.32. The van der Waals surface area contributed by atoms with Crippen molar-refractivity contribution in [2.75, 3.05) is 5.32 Å². The molecular weight excluding hydrogens is 499 g/mol. The van der Waals surface area contributed by atoms with E-state index in [1.165, 1.54) is 6.07 Å². The Bertz CT molecular complexity index is 1380. The van der Waals surface area contributed by atoms with Crippen LogP contribution in [0.4, 0.5) is 18.9 Å². The van der Waals surface area contributed by atoms with Crippen LogP contribution in [0.25, 0.3) is 10.9 Å². The summed E-state index contributed by atoms with van der Waals surface area (Å²) in [5.74, 6) is -0.675. The predicted octanol–water partition coefficient (Wildman–Crippen LogP) is 5.83. The van der Waals surface area contributed by atoms with Crippen LogP contribution in [0, 0.1) is 20.8 Å². The van der Waals surface area contributed by atoms with Crippen LogP contribution in [0.15, 0.2) is 47.1 Å². The number of amides is 1. The zero-order valence-electron chi connectivity index (χ0n) is 18.0. The van der Waals surface area contributed by atoms with E-state index in [1.807, 2.05) is 19.1 Å². The van der Waals surface area contributed by atoms with Crippen LogP contribution in [0.5, 0.6) is 0 Å². The summed E-state index contributed by atoms with van der Waals surface area (Å²) in [6, 6.07) is 9.16. The molecule has 1 amide bonds. The summed E-state index contributed by atoms with van der Waals surface area (Å²) in [7, 11) is 0. The van der Waals surface area contributed by atoms with E-state index in [0.717, 1.165) is 17.3 Å². The molecule has 0 atom stereocenters. The van der Waals surface area contributed by atoms with Crippen LogP contribution in [-0.2, 0) is 12.7 Å². The Hall–Kier alpha value is -3.27. The molecular formula is C23H19BrF3N5O. The smallest absolute Gasteiger partial charge is 0.319 e. The summed E-state index contributed by atoms with van der Waals surface area (Å²) in [5.41, 5.74) is 2.32. The monoisotopic (exact) mass is 517 g/mol. The van der Waals surface area contributed by atoms with Crippen molar-refractivity contribution < 1.29 is 18.0 Å². The first-order valence-corrected chi connectivity index (χ1v) is 10.8. The van der Waals surface area contributed by atoms with Gasteiger partial charge in [-0.3, -0.25) is 14.5 Å². The van der Waals surface area contributed by atoms with Crippen LogP contribution in [0.1, 0.15) is 38.7 Å². The summed E-state index contributed by atoms with van der Waals surface area (Å²) >= 11 is 3.30.